The summed E-state index contributed by atoms with van der Waals surface area (Å²) in [5.41, 5.74) is 2.32. The second-order valence-corrected chi connectivity index (χ2v) is 5.43. The Balaban J connectivity index is 1.61. The van der Waals surface area contributed by atoms with Crippen LogP contribution in [0.1, 0.15) is 37.1 Å². The van der Waals surface area contributed by atoms with Crippen LogP contribution in [0.4, 0.5) is 0 Å². The topological polar surface area (TPSA) is 36.3 Å². The Morgan fingerprint density at radius 3 is 3.12 bits per heavy atom. The van der Waals surface area contributed by atoms with E-state index in [9.17, 15) is 0 Å². The number of fused-ring (bicyclic) bond motifs is 1. The number of ether oxygens (including phenoxy) is 2. The molecule has 0 aromatic carbocycles. The average molecular weight is 301 g/mol. The van der Waals surface area contributed by atoms with E-state index in [1.165, 1.54) is 18.5 Å². The number of aromatic nitrogens is 2. The van der Waals surface area contributed by atoms with Crippen molar-refractivity contribution >= 4 is 15.9 Å². The minimum Gasteiger partial charge on any atom is -0.353 e. The summed E-state index contributed by atoms with van der Waals surface area (Å²) in [5.74, 6) is 0. The molecule has 0 bridgehead atoms. The fourth-order valence-electron chi connectivity index (χ4n) is 2.46. The SMILES string of the molecule is Brc1c(COC2CCCCO2)nn2c1CCC2. The van der Waals surface area contributed by atoms with Crippen LogP contribution >= 0.6 is 15.9 Å². The van der Waals surface area contributed by atoms with Crippen LogP contribution in [0.2, 0.25) is 0 Å². The zero-order chi connectivity index (χ0) is 11.7. The van der Waals surface area contributed by atoms with Gasteiger partial charge >= 0.3 is 0 Å². The van der Waals surface area contributed by atoms with Crippen molar-refractivity contribution in [1.29, 1.82) is 0 Å². The van der Waals surface area contributed by atoms with E-state index < -0.39 is 0 Å². The van der Waals surface area contributed by atoms with Crippen molar-refractivity contribution in [3.63, 3.8) is 0 Å². The largest absolute Gasteiger partial charge is 0.353 e. The number of halogens is 1. The Bertz CT molecular complexity index is 399. The Hall–Kier alpha value is -0.390. The van der Waals surface area contributed by atoms with Crippen LogP contribution in [0.5, 0.6) is 0 Å². The lowest BCUT2D eigenvalue weighted by molar-refractivity contribution is -0.169. The molecule has 0 aliphatic carbocycles. The summed E-state index contributed by atoms with van der Waals surface area (Å²) in [7, 11) is 0. The van der Waals surface area contributed by atoms with E-state index in [0.717, 1.165) is 42.6 Å². The number of aryl methyl sites for hydroxylation is 1. The summed E-state index contributed by atoms with van der Waals surface area (Å²) in [6, 6.07) is 0. The van der Waals surface area contributed by atoms with Gasteiger partial charge in [-0.15, -0.1) is 0 Å². The molecule has 5 heteroatoms. The third kappa shape index (κ3) is 2.41. The normalized spacial score (nSPS) is 23.9. The first-order chi connectivity index (χ1) is 8.34. The summed E-state index contributed by atoms with van der Waals surface area (Å²) >= 11 is 3.62. The third-order valence-corrected chi connectivity index (χ3v) is 4.30. The molecule has 1 saturated heterocycles. The van der Waals surface area contributed by atoms with Crippen molar-refractivity contribution in [2.24, 2.45) is 0 Å². The maximum Gasteiger partial charge on any atom is 0.158 e. The molecular formula is C12H17BrN2O2. The minimum absolute atomic E-state index is 0.0350. The van der Waals surface area contributed by atoms with Gasteiger partial charge in [-0.05, 0) is 48.0 Å². The van der Waals surface area contributed by atoms with Gasteiger partial charge in [0.15, 0.2) is 6.29 Å². The summed E-state index contributed by atoms with van der Waals surface area (Å²) in [6.45, 7) is 2.41. The molecule has 1 fully saturated rings. The molecule has 3 heterocycles. The second kappa shape index (κ2) is 5.08. The standard InChI is InChI=1S/C12H17BrN2O2/c13-12-9(14-15-6-3-4-10(12)15)8-17-11-5-1-2-7-16-11/h11H,1-8H2. The van der Waals surface area contributed by atoms with E-state index in [0.29, 0.717) is 6.61 Å². The Labute approximate surface area is 109 Å². The van der Waals surface area contributed by atoms with Gasteiger partial charge in [-0.1, -0.05) is 0 Å². The van der Waals surface area contributed by atoms with Gasteiger partial charge in [-0.25, -0.2) is 0 Å². The van der Waals surface area contributed by atoms with Crippen LogP contribution in [0, 0.1) is 0 Å². The lowest BCUT2D eigenvalue weighted by Gasteiger charge is -2.22. The molecule has 1 atom stereocenters. The Morgan fingerprint density at radius 2 is 2.35 bits per heavy atom. The van der Waals surface area contributed by atoms with Gasteiger partial charge in [0, 0.05) is 13.2 Å². The van der Waals surface area contributed by atoms with Crippen molar-refractivity contribution in [1.82, 2.24) is 9.78 Å². The zero-order valence-electron chi connectivity index (χ0n) is 9.82. The molecule has 4 nitrogen and oxygen atoms in total. The van der Waals surface area contributed by atoms with E-state index in [2.05, 4.69) is 25.7 Å². The molecule has 2 aliphatic heterocycles. The van der Waals surface area contributed by atoms with E-state index in [1.807, 2.05) is 0 Å². The molecule has 1 aromatic rings. The average Bonchev–Trinajstić information content (AvgIpc) is 2.92. The summed E-state index contributed by atoms with van der Waals surface area (Å²) in [5, 5.41) is 4.56. The monoisotopic (exact) mass is 300 g/mol. The predicted molar refractivity (Wildman–Crippen MR) is 66.6 cm³/mol. The molecule has 1 unspecified atom stereocenters. The molecule has 0 radical (unpaired) electrons. The van der Waals surface area contributed by atoms with Crippen molar-refractivity contribution in [2.45, 2.75) is 51.5 Å². The minimum atomic E-state index is -0.0350. The molecule has 3 rings (SSSR count). The second-order valence-electron chi connectivity index (χ2n) is 4.64. The number of nitrogens with zero attached hydrogens (tertiary/aromatic N) is 2. The van der Waals surface area contributed by atoms with Crippen LogP contribution < -0.4 is 0 Å². The van der Waals surface area contributed by atoms with Crippen LogP contribution in [0.15, 0.2) is 4.47 Å². The Morgan fingerprint density at radius 1 is 1.41 bits per heavy atom. The first-order valence-corrected chi connectivity index (χ1v) is 7.11. The van der Waals surface area contributed by atoms with Gasteiger partial charge in [-0.2, -0.15) is 5.10 Å². The number of hydrogen-bond acceptors (Lipinski definition) is 3. The van der Waals surface area contributed by atoms with E-state index in [1.54, 1.807) is 0 Å². The lowest BCUT2D eigenvalue weighted by atomic mass is 10.2. The van der Waals surface area contributed by atoms with Crippen molar-refractivity contribution in [3.8, 4) is 0 Å². The van der Waals surface area contributed by atoms with Gasteiger partial charge < -0.3 is 9.47 Å². The first kappa shape index (κ1) is 11.7. The highest BCUT2D eigenvalue weighted by molar-refractivity contribution is 9.10. The highest BCUT2D eigenvalue weighted by Gasteiger charge is 2.21. The molecule has 17 heavy (non-hydrogen) atoms. The zero-order valence-corrected chi connectivity index (χ0v) is 11.4. The molecule has 0 spiro atoms. The molecule has 0 amide bonds. The molecular weight excluding hydrogens is 284 g/mol. The highest BCUT2D eigenvalue weighted by Crippen LogP contribution is 2.28. The summed E-state index contributed by atoms with van der Waals surface area (Å²) in [6.07, 6.45) is 5.65. The highest BCUT2D eigenvalue weighted by atomic mass is 79.9. The maximum atomic E-state index is 5.76. The van der Waals surface area contributed by atoms with Gasteiger partial charge in [0.2, 0.25) is 0 Å². The van der Waals surface area contributed by atoms with E-state index >= 15 is 0 Å². The van der Waals surface area contributed by atoms with Gasteiger partial charge in [0.1, 0.15) is 5.69 Å². The van der Waals surface area contributed by atoms with Crippen LogP contribution in [0.3, 0.4) is 0 Å². The summed E-state index contributed by atoms with van der Waals surface area (Å²) in [4.78, 5) is 0. The molecule has 94 valence electrons. The van der Waals surface area contributed by atoms with Crippen molar-refractivity contribution < 1.29 is 9.47 Å². The Kier molecular flexibility index (Phi) is 3.49. The van der Waals surface area contributed by atoms with Crippen molar-refractivity contribution in [3.05, 3.63) is 15.9 Å². The smallest absolute Gasteiger partial charge is 0.158 e. The quantitative estimate of drug-likeness (QED) is 0.861. The summed E-state index contributed by atoms with van der Waals surface area (Å²) < 4.78 is 14.5. The molecule has 0 saturated carbocycles. The van der Waals surface area contributed by atoms with Crippen LogP contribution in [-0.2, 0) is 29.0 Å². The fraction of sp³-hybridized carbons (Fsp3) is 0.750. The van der Waals surface area contributed by atoms with Crippen molar-refractivity contribution in [2.75, 3.05) is 6.61 Å². The van der Waals surface area contributed by atoms with Gasteiger partial charge in [0.25, 0.3) is 0 Å². The molecule has 2 aliphatic rings. The maximum absolute atomic E-state index is 5.76. The van der Waals surface area contributed by atoms with Gasteiger partial charge in [-0.3, -0.25) is 4.68 Å². The van der Waals surface area contributed by atoms with Gasteiger partial charge in [0.05, 0.1) is 16.8 Å². The number of rotatable bonds is 3. The molecule has 1 aromatic heterocycles. The van der Waals surface area contributed by atoms with E-state index in [4.69, 9.17) is 9.47 Å². The fourth-order valence-corrected chi connectivity index (χ4v) is 3.05. The lowest BCUT2D eigenvalue weighted by Crippen LogP contribution is -2.22. The van der Waals surface area contributed by atoms with Crippen LogP contribution in [-0.4, -0.2) is 22.7 Å². The van der Waals surface area contributed by atoms with Crippen LogP contribution in [0.25, 0.3) is 0 Å². The van der Waals surface area contributed by atoms with E-state index in [-0.39, 0.29) is 6.29 Å². The molecule has 0 N–H and O–H groups in total. The predicted octanol–water partition coefficient (Wildman–Crippen LogP) is 2.64. The third-order valence-electron chi connectivity index (χ3n) is 3.39. The first-order valence-electron chi connectivity index (χ1n) is 6.32. The number of hydrogen-bond donors (Lipinski definition) is 0.